The normalized spacial score (nSPS) is 18.1. The lowest BCUT2D eigenvalue weighted by atomic mass is 9.98. The monoisotopic (exact) mass is 1140 g/mol. The molecule has 6 unspecified atom stereocenters. The van der Waals surface area contributed by atoms with Gasteiger partial charge in [0.1, 0.15) is 18.8 Å². The molecule has 1 fully saturated rings. The van der Waals surface area contributed by atoms with Crippen molar-refractivity contribution in [1.82, 2.24) is 0 Å². The molecular weight excluding hydrogens is 1020 g/mol. The quantitative estimate of drug-likeness (QED) is 0.0228. The summed E-state index contributed by atoms with van der Waals surface area (Å²) >= 11 is 0. The van der Waals surface area contributed by atoms with E-state index >= 15 is 0 Å². The van der Waals surface area contributed by atoms with Gasteiger partial charge < -0.3 is 39.0 Å². The Morgan fingerprint density at radius 3 is 1.15 bits per heavy atom. The first-order chi connectivity index (χ1) is 39.6. The maximum atomic E-state index is 13.2. The molecule has 1 saturated heterocycles. The van der Waals surface area contributed by atoms with Crippen molar-refractivity contribution in [3.63, 3.8) is 0 Å². The van der Waals surface area contributed by atoms with E-state index in [4.69, 9.17) is 23.7 Å². The Labute approximate surface area is 494 Å². The van der Waals surface area contributed by atoms with Crippen LogP contribution in [0.5, 0.6) is 0 Å². The van der Waals surface area contributed by atoms with E-state index in [-0.39, 0.29) is 25.9 Å². The Morgan fingerprint density at radius 2 is 0.741 bits per heavy atom. The number of aliphatic hydroxyl groups is 2. The van der Waals surface area contributed by atoms with Gasteiger partial charge in [-0.3, -0.25) is 14.4 Å². The number of unbranched alkanes of at least 4 members (excludes halogenated alkanes) is 33. The van der Waals surface area contributed by atoms with E-state index in [0.29, 0.717) is 19.3 Å². The molecule has 12 heteroatoms. The molecular formula is C69H120O12. The number of esters is 3. The highest BCUT2D eigenvalue weighted by Crippen LogP contribution is 2.27. The fourth-order valence-electron chi connectivity index (χ4n) is 9.89. The summed E-state index contributed by atoms with van der Waals surface area (Å²) in [7, 11) is 0. The molecule has 0 aliphatic carbocycles. The number of carbonyl (C=O) groups is 4. The van der Waals surface area contributed by atoms with Gasteiger partial charge in [-0.25, -0.2) is 4.79 Å². The third-order valence-corrected chi connectivity index (χ3v) is 15.0. The van der Waals surface area contributed by atoms with Crippen LogP contribution in [0.25, 0.3) is 0 Å². The summed E-state index contributed by atoms with van der Waals surface area (Å²) in [5.41, 5.74) is 0. The summed E-state index contributed by atoms with van der Waals surface area (Å²) < 4.78 is 28.6. The Morgan fingerprint density at radius 1 is 0.407 bits per heavy atom. The van der Waals surface area contributed by atoms with Gasteiger partial charge in [0.15, 0.2) is 24.6 Å². The molecule has 12 nitrogen and oxygen atoms in total. The van der Waals surface area contributed by atoms with E-state index in [9.17, 15) is 34.5 Å². The van der Waals surface area contributed by atoms with Crippen molar-refractivity contribution in [1.29, 1.82) is 0 Å². The maximum absolute atomic E-state index is 13.2. The number of allylic oxidation sites excluding steroid dienone is 10. The second-order valence-corrected chi connectivity index (χ2v) is 22.7. The molecule has 0 spiro atoms. The van der Waals surface area contributed by atoms with Crippen molar-refractivity contribution in [3.05, 3.63) is 60.8 Å². The number of aliphatic carboxylic acids is 1. The largest absolute Gasteiger partial charge is 0.479 e. The van der Waals surface area contributed by atoms with Crippen LogP contribution in [0.3, 0.4) is 0 Å². The standard InChI is InChI=1S/C69H120O12/c1-4-7-10-13-16-19-22-25-28-31-34-37-40-43-46-49-52-55-61(70)77-58-60(79-62(71)56-53-50-47-44-41-38-35-32-29-26-23-20-17-14-11-8-5-2)59-78-69-67(65(74)64(73)66(81-69)68(75)76)80-63(72)57-54-51-48-45-42-39-36-33-30-27-24-21-18-15-12-9-6-3/h16-17,19-20,25-30,60,64-67,69,73-74H,4-15,18,21-24,31-59H2,1-3H3,(H,75,76)/b19-16-,20-17-,28-25-,29-26-,30-27-. The molecule has 0 aromatic carbocycles. The molecule has 1 rings (SSSR count). The van der Waals surface area contributed by atoms with Crippen molar-refractivity contribution in [3.8, 4) is 0 Å². The third kappa shape index (κ3) is 46.5. The van der Waals surface area contributed by atoms with Crippen molar-refractivity contribution < 1.29 is 58.2 Å². The molecule has 1 aliphatic heterocycles. The minimum atomic E-state index is -1.91. The maximum Gasteiger partial charge on any atom is 0.335 e. The number of rotatable bonds is 57. The van der Waals surface area contributed by atoms with Gasteiger partial charge in [0.25, 0.3) is 0 Å². The molecule has 6 atom stereocenters. The van der Waals surface area contributed by atoms with Gasteiger partial charge in [-0.15, -0.1) is 0 Å². The molecule has 1 heterocycles. The van der Waals surface area contributed by atoms with E-state index in [1.165, 1.54) is 128 Å². The predicted octanol–water partition coefficient (Wildman–Crippen LogP) is 17.9. The van der Waals surface area contributed by atoms with Gasteiger partial charge in [-0.2, -0.15) is 0 Å². The van der Waals surface area contributed by atoms with Crippen LogP contribution in [0.2, 0.25) is 0 Å². The first-order valence-corrected chi connectivity index (χ1v) is 33.3. The first kappa shape index (κ1) is 75.4. The van der Waals surface area contributed by atoms with Crippen LogP contribution in [0, 0.1) is 0 Å². The molecule has 468 valence electrons. The van der Waals surface area contributed by atoms with Crippen molar-refractivity contribution >= 4 is 23.9 Å². The Balaban J connectivity index is 2.66. The fraction of sp³-hybridized carbons (Fsp3) is 0.797. The van der Waals surface area contributed by atoms with Gasteiger partial charge in [-0.1, -0.05) is 236 Å². The smallest absolute Gasteiger partial charge is 0.335 e. The molecule has 0 saturated carbocycles. The molecule has 0 aromatic rings. The van der Waals surface area contributed by atoms with Crippen LogP contribution in [0.15, 0.2) is 60.8 Å². The summed E-state index contributed by atoms with van der Waals surface area (Å²) in [4.78, 5) is 51.4. The third-order valence-electron chi connectivity index (χ3n) is 15.0. The average molecular weight is 1140 g/mol. The highest BCUT2D eigenvalue weighted by Gasteiger charge is 2.50. The number of carbonyl (C=O) groups excluding carboxylic acids is 3. The molecule has 0 amide bonds. The number of carboxylic acids is 1. The van der Waals surface area contributed by atoms with Crippen molar-refractivity contribution in [2.75, 3.05) is 13.2 Å². The second-order valence-electron chi connectivity index (χ2n) is 22.7. The number of hydrogen-bond donors (Lipinski definition) is 3. The molecule has 81 heavy (non-hydrogen) atoms. The van der Waals surface area contributed by atoms with Crippen LogP contribution >= 0.6 is 0 Å². The average Bonchev–Trinajstić information content (AvgIpc) is 3.53. The van der Waals surface area contributed by atoms with E-state index < -0.39 is 67.3 Å². The molecule has 3 N–H and O–H groups in total. The number of aliphatic hydroxyl groups excluding tert-OH is 2. The number of hydrogen-bond acceptors (Lipinski definition) is 11. The lowest BCUT2D eigenvalue weighted by Gasteiger charge is -2.40. The van der Waals surface area contributed by atoms with Crippen LogP contribution < -0.4 is 0 Å². The van der Waals surface area contributed by atoms with Gasteiger partial charge in [0.05, 0.1) is 6.61 Å². The lowest BCUT2D eigenvalue weighted by molar-refractivity contribution is -0.301. The summed E-state index contributed by atoms with van der Waals surface area (Å²) in [5, 5.41) is 31.6. The Hall–Kier alpha value is -3.58. The molecule has 0 aromatic heterocycles. The second kappa shape index (κ2) is 56.9. The van der Waals surface area contributed by atoms with Gasteiger partial charge in [0.2, 0.25) is 0 Å². The minimum Gasteiger partial charge on any atom is -0.479 e. The number of ether oxygens (including phenoxy) is 5. The van der Waals surface area contributed by atoms with E-state index in [0.717, 1.165) is 116 Å². The first-order valence-electron chi connectivity index (χ1n) is 33.3. The van der Waals surface area contributed by atoms with Crippen LogP contribution in [-0.4, -0.2) is 89.2 Å². The van der Waals surface area contributed by atoms with Crippen LogP contribution in [0.4, 0.5) is 0 Å². The zero-order chi connectivity index (χ0) is 58.9. The van der Waals surface area contributed by atoms with E-state index in [1.807, 2.05) is 0 Å². The topological polar surface area (TPSA) is 175 Å². The lowest BCUT2D eigenvalue weighted by Crippen LogP contribution is -2.61. The highest BCUT2D eigenvalue weighted by atomic mass is 16.7. The fourth-order valence-corrected chi connectivity index (χ4v) is 9.89. The van der Waals surface area contributed by atoms with Crippen LogP contribution in [0.1, 0.15) is 303 Å². The molecule has 1 aliphatic rings. The molecule has 0 radical (unpaired) electrons. The van der Waals surface area contributed by atoms with E-state index in [1.54, 1.807) is 0 Å². The summed E-state index contributed by atoms with van der Waals surface area (Å²) in [6.45, 7) is 5.96. The van der Waals surface area contributed by atoms with Crippen LogP contribution in [-0.2, 0) is 42.9 Å². The summed E-state index contributed by atoms with van der Waals surface area (Å²) in [5.74, 6) is -3.13. The van der Waals surface area contributed by atoms with Gasteiger partial charge in [0, 0.05) is 19.3 Å². The van der Waals surface area contributed by atoms with Gasteiger partial charge >= 0.3 is 23.9 Å². The van der Waals surface area contributed by atoms with E-state index in [2.05, 4.69) is 81.5 Å². The van der Waals surface area contributed by atoms with Crippen molar-refractivity contribution in [2.24, 2.45) is 0 Å². The Bertz CT molecular complexity index is 1640. The predicted molar refractivity (Wildman–Crippen MR) is 331 cm³/mol. The molecule has 0 bridgehead atoms. The zero-order valence-corrected chi connectivity index (χ0v) is 51.8. The Kier molecular flexibility index (Phi) is 53.0. The number of carboxylic acid groups (broad SMARTS) is 1. The highest BCUT2D eigenvalue weighted by molar-refractivity contribution is 5.74. The zero-order valence-electron chi connectivity index (χ0n) is 51.8. The minimum absolute atomic E-state index is 0.0543. The summed E-state index contributed by atoms with van der Waals surface area (Å²) in [6.07, 6.45) is 58.8. The summed E-state index contributed by atoms with van der Waals surface area (Å²) in [6, 6.07) is 0. The van der Waals surface area contributed by atoms with Crippen molar-refractivity contribution in [2.45, 2.75) is 340 Å². The SMILES string of the molecule is CCCCC/C=C\C/C=C\CCCCCCCCCC(=O)OCC(COC1OC(C(=O)O)C(O)C(O)C1OC(=O)CCCCCCCCC/C=C\CCCCCCCC)OC(=O)CCCCCCCCC/C=C\C/C=C\CCCCC. The van der Waals surface area contributed by atoms with Gasteiger partial charge in [-0.05, 0) is 109 Å².